The summed E-state index contributed by atoms with van der Waals surface area (Å²) in [7, 11) is 1.64. The van der Waals surface area contributed by atoms with Crippen LogP contribution in [0.25, 0.3) is 11.3 Å². The van der Waals surface area contributed by atoms with Gasteiger partial charge in [-0.1, -0.05) is 44.2 Å². The maximum Gasteiger partial charge on any atom is 0.269 e. The highest BCUT2D eigenvalue weighted by atomic mass is 16.5. The van der Waals surface area contributed by atoms with Gasteiger partial charge >= 0.3 is 0 Å². The smallest absolute Gasteiger partial charge is 0.269 e. The highest BCUT2D eigenvalue weighted by Crippen LogP contribution is 2.23. The van der Waals surface area contributed by atoms with Crippen molar-refractivity contribution >= 4 is 5.91 Å². The first-order valence-electron chi connectivity index (χ1n) is 8.77. The second-order valence-electron chi connectivity index (χ2n) is 6.41. The zero-order valence-corrected chi connectivity index (χ0v) is 14.2. The fourth-order valence-electron chi connectivity index (χ4n) is 3.23. The number of ether oxygens (including phenoxy) is 1. The lowest BCUT2D eigenvalue weighted by molar-refractivity contribution is 0.0925. The first-order valence-corrected chi connectivity index (χ1v) is 8.77. The lowest BCUT2D eigenvalue weighted by Crippen LogP contribution is -2.35. The molecular formula is C19H25N3O2. The molecule has 0 bridgehead atoms. The van der Waals surface area contributed by atoms with E-state index in [-0.39, 0.29) is 11.9 Å². The van der Waals surface area contributed by atoms with E-state index in [1.165, 1.54) is 32.1 Å². The monoisotopic (exact) mass is 327 g/mol. The van der Waals surface area contributed by atoms with E-state index in [0.717, 1.165) is 29.8 Å². The Hall–Kier alpha value is -2.30. The summed E-state index contributed by atoms with van der Waals surface area (Å²) in [6.07, 6.45) is 8.41. The molecule has 0 saturated heterocycles. The second-order valence-corrected chi connectivity index (χ2v) is 6.41. The van der Waals surface area contributed by atoms with Crippen LogP contribution in [0, 0.1) is 0 Å². The Morgan fingerprint density at radius 2 is 1.92 bits per heavy atom. The molecule has 5 heteroatoms. The van der Waals surface area contributed by atoms with Crippen molar-refractivity contribution in [1.29, 1.82) is 0 Å². The minimum atomic E-state index is -0.0674. The number of amides is 1. The van der Waals surface area contributed by atoms with Crippen LogP contribution >= 0.6 is 0 Å². The van der Waals surface area contributed by atoms with Crippen molar-refractivity contribution in [2.24, 2.45) is 0 Å². The number of carbonyl (C=O) groups is 1. The normalized spacial score (nSPS) is 16.2. The molecule has 1 fully saturated rings. The third kappa shape index (κ3) is 4.16. The van der Waals surface area contributed by atoms with E-state index >= 15 is 0 Å². The molecule has 0 atom stereocenters. The Bertz CT molecular complexity index is 673. The van der Waals surface area contributed by atoms with E-state index in [0.29, 0.717) is 5.69 Å². The highest BCUT2D eigenvalue weighted by molar-refractivity contribution is 5.93. The van der Waals surface area contributed by atoms with Gasteiger partial charge in [0.05, 0.1) is 12.8 Å². The molecule has 0 unspecified atom stereocenters. The topological polar surface area (TPSA) is 67.0 Å². The van der Waals surface area contributed by atoms with Crippen molar-refractivity contribution in [2.45, 2.75) is 51.0 Å². The van der Waals surface area contributed by atoms with Crippen LogP contribution in [0.2, 0.25) is 0 Å². The van der Waals surface area contributed by atoms with Gasteiger partial charge in [-0.3, -0.25) is 9.89 Å². The maximum atomic E-state index is 12.5. The van der Waals surface area contributed by atoms with Gasteiger partial charge in [0, 0.05) is 11.6 Å². The third-order valence-electron chi connectivity index (χ3n) is 4.63. The Morgan fingerprint density at radius 1 is 1.17 bits per heavy atom. The van der Waals surface area contributed by atoms with Gasteiger partial charge in [0.15, 0.2) is 0 Å². The van der Waals surface area contributed by atoms with Crippen molar-refractivity contribution < 1.29 is 9.53 Å². The molecule has 1 aliphatic carbocycles. The fourth-order valence-corrected chi connectivity index (χ4v) is 3.23. The van der Waals surface area contributed by atoms with Crippen molar-refractivity contribution in [3.63, 3.8) is 0 Å². The number of hydrogen-bond acceptors (Lipinski definition) is 3. The fraction of sp³-hybridized carbons (Fsp3) is 0.474. The van der Waals surface area contributed by atoms with E-state index in [9.17, 15) is 4.79 Å². The van der Waals surface area contributed by atoms with Gasteiger partial charge in [-0.15, -0.1) is 0 Å². The molecule has 1 aliphatic rings. The standard InChI is InChI=1S/C19H25N3O2/c1-24-16-11-7-8-14(12-16)17-13-18(22-21-17)19(23)20-15-9-5-3-2-4-6-10-15/h7-8,11-13,15H,2-6,9-10H2,1H3,(H,20,23)(H,21,22). The SMILES string of the molecule is COc1cccc(-c2cc(C(=O)NC3CCCCCCC3)[nH]n2)c1. The zero-order chi connectivity index (χ0) is 16.8. The van der Waals surface area contributed by atoms with E-state index in [1.54, 1.807) is 13.2 Å². The van der Waals surface area contributed by atoms with Crippen LogP contribution in [0.3, 0.4) is 0 Å². The molecule has 24 heavy (non-hydrogen) atoms. The van der Waals surface area contributed by atoms with E-state index in [4.69, 9.17) is 4.74 Å². The van der Waals surface area contributed by atoms with Gasteiger partial charge < -0.3 is 10.1 Å². The van der Waals surface area contributed by atoms with Gasteiger partial charge in [0.2, 0.25) is 0 Å². The van der Waals surface area contributed by atoms with Crippen LogP contribution < -0.4 is 10.1 Å². The number of nitrogens with one attached hydrogen (secondary N) is 2. The van der Waals surface area contributed by atoms with Gasteiger partial charge in [-0.2, -0.15) is 5.10 Å². The lowest BCUT2D eigenvalue weighted by atomic mass is 9.96. The first kappa shape index (κ1) is 16.6. The summed E-state index contributed by atoms with van der Waals surface area (Å²) in [5, 5.41) is 10.3. The van der Waals surface area contributed by atoms with Crippen molar-refractivity contribution in [3.8, 4) is 17.0 Å². The Kier molecular flexibility index (Phi) is 5.51. The maximum absolute atomic E-state index is 12.5. The minimum absolute atomic E-state index is 0.0674. The lowest BCUT2D eigenvalue weighted by Gasteiger charge is -2.20. The number of benzene rings is 1. The third-order valence-corrected chi connectivity index (χ3v) is 4.63. The van der Waals surface area contributed by atoms with Crippen molar-refractivity contribution in [2.75, 3.05) is 7.11 Å². The molecule has 1 aromatic carbocycles. The number of H-pyrrole nitrogens is 1. The van der Waals surface area contributed by atoms with Crippen LogP contribution in [-0.4, -0.2) is 29.3 Å². The molecule has 1 amide bonds. The number of carbonyl (C=O) groups excluding carboxylic acids is 1. The summed E-state index contributed by atoms with van der Waals surface area (Å²) in [5.41, 5.74) is 2.18. The molecule has 0 spiro atoms. The summed E-state index contributed by atoms with van der Waals surface area (Å²) in [4.78, 5) is 12.5. The quantitative estimate of drug-likeness (QED) is 0.894. The number of aromatic amines is 1. The average molecular weight is 327 g/mol. The van der Waals surface area contributed by atoms with Gasteiger partial charge in [0.1, 0.15) is 11.4 Å². The van der Waals surface area contributed by atoms with Crippen LogP contribution in [-0.2, 0) is 0 Å². The number of methoxy groups -OCH3 is 1. The number of hydrogen-bond donors (Lipinski definition) is 2. The summed E-state index contributed by atoms with van der Waals surface area (Å²) >= 11 is 0. The van der Waals surface area contributed by atoms with Gasteiger partial charge in [-0.25, -0.2) is 0 Å². The molecular weight excluding hydrogens is 302 g/mol. The molecule has 2 N–H and O–H groups in total. The highest BCUT2D eigenvalue weighted by Gasteiger charge is 2.17. The predicted molar refractivity (Wildman–Crippen MR) is 94.1 cm³/mol. The molecule has 1 saturated carbocycles. The Balaban J connectivity index is 1.66. The summed E-state index contributed by atoms with van der Waals surface area (Å²) in [5.74, 6) is 0.707. The van der Waals surface area contributed by atoms with E-state index in [1.807, 2.05) is 24.3 Å². The van der Waals surface area contributed by atoms with E-state index in [2.05, 4.69) is 15.5 Å². The summed E-state index contributed by atoms with van der Waals surface area (Å²) < 4.78 is 5.24. The first-order chi connectivity index (χ1) is 11.8. The minimum Gasteiger partial charge on any atom is -0.497 e. The van der Waals surface area contributed by atoms with Crippen LogP contribution in [0.4, 0.5) is 0 Å². The molecule has 1 aromatic heterocycles. The molecule has 0 radical (unpaired) electrons. The van der Waals surface area contributed by atoms with Crippen molar-refractivity contribution in [1.82, 2.24) is 15.5 Å². The van der Waals surface area contributed by atoms with Crippen molar-refractivity contribution in [3.05, 3.63) is 36.0 Å². The molecule has 128 valence electrons. The van der Waals surface area contributed by atoms with Crippen LogP contribution in [0.5, 0.6) is 5.75 Å². The summed E-state index contributed by atoms with van der Waals surface area (Å²) in [6, 6.07) is 9.74. The molecule has 3 rings (SSSR count). The second kappa shape index (κ2) is 7.99. The number of aromatic nitrogens is 2. The predicted octanol–water partition coefficient (Wildman–Crippen LogP) is 3.93. The van der Waals surface area contributed by atoms with E-state index < -0.39 is 0 Å². The molecule has 5 nitrogen and oxygen atoms in total. The molecule has 1 heterocycles. The molecule has 2 aromatic rings. The Labute approximate surface area is 142 Å². The zero-order valence-electron chi connectivity index (χ0n) is 14.2. The largest absolute Gasteiger partial charge is 0.497 e. The van der Waals surface area contributed by atoms with Crippen LogP contribution in [0.15, 0.2) is 30.3 Å². The Morgan fingerprint density at radius 3 is 2.67 bits per heavy atom. The average Bonchev–Trinajstić information content (AvgIpc) is 3.07. The number of rotatable bonds is 4. The van der Waals surface area contributed by atoms with Gasteiger partial charge in [-0.05, 0) is 31.0 Å². The van der Waals surface area contributed by atoms with Gasteiger partial charge in [0.25, 0.3) is 5.91 Å². The number of nitrogens with zero attached hydrogens (tertiary/aromatic N) is 1. The molecule has 0 aliphatic heterocycles. The summed E-state index contributed by atoms with van der Waals surface area (Å²) in [6.45, 7) is 0. The van der Waals surface area contributed by atoms with Crippen LogP contribution in [0.1, 0.15) is 55.4 Å².